The summed E-state index contributed by atoms with van der Waals surface area (Å²) in [4.78, 5) is 4.59. The van der Waals surface area contributed by atoms with Crippen LogP contribution in [0.3, 0.4) is 0 Å². The smallest absolute Gasteiger partial charge is 0.144 e. The van der Waals surface area contributed by atoms with Crippen LogP contribution in [-0.4, -0.2) is 11.6 Å². The largest absolute Gasteiger partial charge is 0.487 e. The molecule has 0 aliphatic rings. The lowest BCUT2D eigenvalue weighted by molar-refractivity contribution is 0.116. The molecule has 3 aromatic rings. The third-order valence-electron chi connectivity index (χ3n) is 6.04. The van der Waals surface area contributed by atoms with Crippen molar-refractivity contribution in [2.45, 2.75) is 77.9 Å². The molecule has 0 amide bonds. The second-order valence-corrected chi connectivity index (χ2v) is 9.03. The highest BCUT2D eigenvalue weighted by Gasteiger charge is 2.11. The Bertz CT molecular complexity index is 945. The number of anilines is 1. The van der Waals surface area contributed by atoms with E-state index < -0.39 is 0 Å². The van der Waals surface area contributed by atoms with Crippen molar-refractivity contribution in [3.8, 4) is 5.75 Å². The highest BCUT2D eigenvalue weighted by Crippen LogP contribution is 2.27. The van der Waals surface area contributed by atoms with Crippen LogP contribution < -0.4 is 10.5 Å². The van der Waals surface area contributed by atoms with E-state index in [-0.39, 0.29) is 0 Å². The number of rotatable bonds is 16. The highest BCUT2D eigenvalue weighted by atomic mass is 16.5. The number of benzene rings is 2. The average Bonchev–Trinajstić information content (AvgIpc) is 2.85. The quantitative estimate of drug-likeness (QED) is 0.226. The lowest BCUT2D eigenvalue weighted by Crippen LogP contribution is -2.05. The van der Waals surface area contributed by atoms with E-state index in [9.17, 15) is 0 Å². The van der Waals surface area contributed by atoms with Gasteiger partial charge in [0.2, 0.25) is 0 Å². The Hall–Kier alpha value is -2.85. The van der Waals surface area contributed by atoms with E-state index in [0.717, 1.165) is 55.0 Å². The molecule has 0 saturated heterocycles. The molecule has 0 radical (unpaired) electrons. The molecule has 2 aromatic carbocycles. The zero-order valence-corrected chi connectivity index (χ0v) is 20.7. The maximum Gasteiger partial charge on any atom is 0.144 e. The molecule has 1 aromatic heterocycles. The van der Waals surface area contributed by atoms with Crippen LogP contribution in [0.25, 0.3) is 0 Å². The molecular weight excluding hydrogens is 420 g/mol. The predicted molar refractivity (Wildman–Crippen MR) is 141 cm³/mol. The number of nitrogen functional groups attached to an aromatic ring is 1. The molecule has 0 aliphatic carbocycles. The second-order valence-electron chi connectivity index (χ2n) is 9.03. The molecular formula is C30H40N2O2. The van der Waals surface area contributed by atoms with Gasteiger partial charge < -0.3 is 15.2 Å². The fraction of sp³-hybridized carbons (Fsp3) is 0.433. The van der Waals surface area contributed by atoms with Gasteiger partial charge in [-0.15, -0.1) is 0 Å². The number of aryl methyl sites for hydroxylation is 2. The summed E-state index contributed by atoms with van der Waals surface area (Å²) in [5.41, 5.74) is 10.5. The van der Waals surface area contributed by atoms with Crippen LogP contribution in [0.2, 0.25) is 0 Å². The maximum atomic E-state index is 6.16. The first-order valence-electron chi connectivity index (χ1n) is 12.8. The third-order valence-corrected chi connectivity index (χ3v) is 6.04. The summed E-state index contributed by atoms with van der Waals surface area (Å²) in [6.45, 7) is 4.18. The van der Waals surface area contributed by atoms with Crippen molar-refractivity contribution in [1.82, 2.24) is 4.98 Å². The summed E-state index contributed by atoms with van der Waals surface area (Å²) in [5, 5.41) is 0. The van der Waals surface area contributed by atoms with Crippen molar-refractivity contribution in [1.29, 1.82) is 0 Å². The maximum absolute atomic E-state index is 6.16. The normalized spacial score (nSPS) is 11.0. The van der Waals surface area contributed by atoms with Crippen LogP contribution in [0.4, 0.5) is 5.82 Å². The van der Waals surface area contributed by atoms with Crippen molar-refractivity contribution in [3.05, 3.63) is 89.1 Å². The predicted octanol–water partition coefficient (Wildman–Crippen LogP) is 7.43. The summed E-state index contributed by atoms with van der Waals surface area (Å²) in [7, 11) is 0. The Morgan fingerprint density at radius 1 is 0.706 bits per heavy atom. The topological polar surface area (TPSA) is 57.4 Å². The average molecular weight is 461 g/mol. The first kappa shape index (κ1) is 25.8. The number of ether oxygens (including phenoxy) is 2. The zero-order valence-electron chi connectivity index (χ0n) is 20.7. The standard InChI is InChI=1S/C30H40N2O2/c1-25-22-29(31)32-28(30(25)34-24-27-18-12-9-13-19-27)20-14-6-4-2-3-5-7-15-21-33-23-26-16-10-8-11-17-26/h8-13,16-19,22H,2-7,14-15,20-21,23-24H2,1H3,(H2,31,32). The van der Waals surface area contributed by atoms with Crippen molar-refractivity contribution < 1.29 is 9.47 Å². The first-order chi connectivity index (χ1) is 16.7. The van der Waals surface area contributed by atoms with Gasteiger partial charge in [-0.25, -0.2) is 4.98 Å². The van der Waals surface area contributed by atoms with Gasteiger partial charge in [0, 0.05) is 6.61 Å². The monoisotopic (exact) mass is 460 g/mol. The number of aromatic nitrogens is 1. The molecule has 2 N–H and O–H groups in total. The Labute approximate surface area is 205 Å². The van der Waals surface area contributed by atoms with Gasteiger partial charge in [-0.05, 0) is 48.9 Å². The minimum Gasteiger partial charge on any atom is -0.487 e. The molecule has 0 atom stereocenters. The van der Waals surface area contributed by atoms with Crippen LogP contribution in [0, 0.1) is 6.92 Å². The zero-order chi connectivity index (χ0) is 23.8. The molecule has 182 valence electrons. The molecule has 0 fully saturated rings. The lowest BCUT2D eigenvalue weighted by Gasteiger charge is -2.14. The van der Waals surface area contributed by atoms with Crippen molar-refractivity contribution in [2.75, 3.05) is 12.3 Å². The minimum absolute atomic E-state index is 0.553. The Morgan fingerprint density at radius 3 is 1.91 bits per heavy atom. The van der Waals surface area contributed by atoms with Crippen LogP contribution in [0.5, 0.6) is 5.75 Å². The third kappa shape index (κ3) is 9.56. The number of hydrogen-bond acceptors (Lipinski definition) is 4. The van der Waals surface area contributed by atoms with E-state index in [1.165, 1.54) is 44.1 Å². The minimum atomic E-state index is 0.553. The number of pyridine rings is 1. The second kappa shape index (κ2) is 15.1. The number of nitrogens with zero attached hydrogens (tertiary/aromatic N) is 1. The van der Waals surface area contributed by atoms with E-state index in [0.29, 0.717) is 12.4 Å². The Kier molecular flexibility index (Phi) is 11.5. The van der Waals surface area contributed by atoms with Crippen LogP contribution >= 0.6 is 0 Å². The SMILES string of the molecule is Cc1cc(N)nc(CCCCCCCCCCOCc2ccccc2)c1OCc1ccccc1. The molecule has 0 aliphatic heterocycles. The van der Waals surface area contributed by atoms with Gasteiger partial charge in [-0.1, -0.05) is 99.2 Å². The highest BCUT2D eigenvalue weighted by molar-refractivity contribution is 5.45. The van der Waals surface area contributed by atoms with Gasteiger partial charge in [0.05, 0.1) is 12.3 Å². The van der Waals surface area contributed by atoms with Gasteiger partial charge in [0.1, 0.15) is 18.2 Å². The van der Waals surface area contributed by atoms with Gasteiger partial charge >= 0.3 is 0 Å². The summed E-state index contributed by atoms with van der Waals surface area (Å²) >= 11 is 0. The van der Waals surface area contributed by atoms with Gasteiger partial charge in [-0.3, -0.25) is 0 Å². The molecule has 34 heavy (non-hydrogen) atoms. The molecule has 0 unspecified atom stereocenters. The van der Waals surface area contributed by atoms with Crippen molar-refractivity contribution >= 4 is 5.82 Å². The molecule has 0 spiro atoms. The number of hydrogen-bond donors (Lipinski definition) is 1. The molecule has 4 heteroatoms. The molecule has 4 nitrogen and oxygen atoms in total. The Morgan fingerprint density at radius 2 is 1.26 bits per heavy atom. The number of unbranched alkanes of at least 4 members (excludes halogenated alkanes) is 7. The van der Waals surface area contributed by atoms with Gasteiger partial charge in [0.15, 0.2) is 0 Å². The fourth-order valence-electron chi connectivity index (χ4n) is 4.17. The van der Waals surface area contributed by atoms with Crippen molar-refractivity contribution in [2.24, 2.45) is 0 Å². The summed E-state index contributed by atoms with van der Waals surface area (Å²) in [6.07, 6.45) is 10.8. The fourth-order valence-corrected chi connectivity index (χ4v) is 4.17. The molecule has 1 heterocycles. The van der Waals surface area contributed by atoms with Crippen LogP contribution in [0.1, 0.15) is 73.8 Å². The van der Waals surface area contributed by atoms with E-state index in [1.54, 1.807) is 0 Å². The van der Waals surface area contributed by atoms with Crippen molar-refractivity contribution in [3.63, 3.8) is 0 Å². The number of nitrogens with two attached hydrogens (primary N) is 1. The van der Waals surface area contributed by atoms with E-state index in [1.807, 2.05) is 30.3 Å². The molecule has 3 rings (SSSR count). The van der Waals surface area contributed by atoms with Gasteiger partial charge in [-0.2, -0.15) is 0 Å². The molecule has 0 bridgehead atoms. The summed E-state index contributed by atoms with van der Waals surface area (Å²) in [6, 6.07) is 22.5. The van der Waals surface area contributed by atoms with E-state index in [2.05, 4.69) is 48.3 Å². The van der Waals surface area contributed by atoms with E-state index >= 15 is 0 Å². The van der Waals surface area contributed by atoms with Crippen LogP contribution in [-0.2, 0) is 24.4 Å². The van der Waals surface area contributed by atoms with Crippen LogP contribution in [0.15, 0.2) is 66.7 Å². The lowest BCUT2D eigenvalue weighted by atomic mass is 10.0. The summed E-state index contributed by atoms with van der Waals surface area (Å²) in [5.74, 6) is 1.47. The molecule has 0 saturated carbocycles. The first-order valence-corrected chi connectivity index (χ1v) is 12.8. The summed E-state index contributed by atoms with van der Waals surface area (Å²) < 4.78 is 11.9. The van der Waals surface area contributed by atoms with Gasteiger partial charge in [0.25, 0.3) is 0 Å². The van der Waals surface area contributed by atoms with E-state index in [4.69, 9.17) is 15.2 Å². The Balaban J connectivity index is 1.25.